The number of rotatable bonds is 4. The van der Waals surface area contributed by atoms with Gasteiger partial charge in [-0.05, 0) is 68.2 Å². The van der Waals surface area contributed by atoms with E-state index in [4.69, 9.17) is 17.0 Å². The van der Waals surface area contributed by atoms with Gasteiger partial charge < -0.3 is 15.4 Å². The molecule has 0 radical (unpaired) electrons. The normalized spacial score (nSPS) is 10.4. The number of esters is 1. The minimum absolute atomic E-state index is 0.340. The number of anilines is 2. The first-order chi connectivity index (χ1) is 11.4. The molecule has 6 heteroatoms. The summed E-state index contributed by atoms with van der Waals surface area (Å²) in [4.78, 5) is 13.2. The molecular weight excluding hydrogens is 340 g/mol. The fourth-order valence-corrected chi connectivity index (χ4v) is 3.92. The van der Waals surface area contributed by atoms with Crippen LogP contribution in [0.4, 0.5) is 10.7 Å². The summed E-state index contributed by atoms with van der Waals surface area (Å²) in [5, 5.41) is 7.48. The van der Waals surface area contributed by atoms with E-state index in [-0.39, 0.29) is 5.97 Å². The zero-order valence-corrected chi connectivity index (χ0v) is 16.2. The van der Waals surface area contributed by atoms with Crippen LogP contribution in [-0.2, 0) is 11.2 Å². The molecule has 0 saturated heterocycles. The molecule has 1 aromatic carbocycles. The monoisotopic (exact) mass is 362 g/mol. The highest BCUT2D eigenvalue weighted by Gasteiger charge is 2.22. The van der Waals surface area contributed by atoms with Crippen LogP contribution >= 0.6 is 23.6 Å². The standard InChI is InChI=1S/C18H22N2O2S2/c1-6-14-12(4)24-16(15(14)17(21)22-5)20-18(23)19-13-8-7-10(2)11(3)9-13/h7-9H,6H2,1-5H3,(H2,19,20,23). The van der Waals surface area contributed by atoms with Gasteiger partial charge in [-0.25, -0.2) is 4.79 Å². The van der Waals surface area contributed by atoms with Gasteiger partial charge in [0.2, 0.25) is 0 Å². The van der Waals surface area contributed by atoms with Gasteiger partial charge in [0.15, 0.2) is 5.11 Å². The van der Waals surface area contributed by atoms with Crippen molar-refractivity contribution >= 4 is 45.3 Å². The van der Waals surface area contributed by atoms with E-state index in [0.717, 1.165) is 27.5 Å². The Bertz CT molecular complexity index is 782. The number of thiophene rings is 1. The summed E-state index contributed by atoms with van der Waals surface area (Å²) in [6, 6.07) is 6.07. The SMILES string of the molecule is CCc1c(C)sc(NC(=S)Nc2ccc(C)c(C)c2)c1C(=O)OC. The van der Waals surface area contributed by atoms with Crippen molar-refractivity contribution in [3.8, 4) is 0 Å². The van der Waals surface area contributed by atoms with Crippen molar-refractivity contribution in [2.75, 3.05) is 17.7 Å². The largest absolute Gasteiger partial charge is 0.465 e. The van der Waals surface area contributed by atoms with Crippen molar-refractivity contribution in [3.63, 3.8) is 0 Å². The minimum atomic E-state index is -0.340. The Balaban J connectivity index is 2.22. The van der Waals surface area contributed by atoms with Crippen LogP contribution < -0.4 is 10.6 Å². The van der Waals surface area contributed by atoms with Crippen LogP contribution in [0.25, 0.3) is 0 Å². The van der Waals surface area contributed by atoms with Crippen LogP contribution in [0.3, 0.4) is 0 Å². The second-order valence-electron chi connectivity index (χ2n) is 5.56. The molecule has 1 heterocycles. The maximum absolute atomic E-state index is 12.1. The molecule has 0 aliphatic carbocycles. The van der Waals surface area contributed by atoms with Gasteiger partial charge in [-0.3, -0.25) is 0 Å². The Kier molecular flexibility index (Phi) is 5.96. The number of methoxy groups -OCH3 is 1. The first-order valence-electron chi connectivity index (χ1n) is 7.73. The second-order valence-corrected chi connectivity index (χ2v) is 7.20. The number of carbonyl (C=O) groups excluding carboxylic acids is 1. The van der Waals surface area contributed by atoms with E-state index in [1.54, 1.807) is 0 Å². The topological polar surface area (TPSA) is 50.4 Å². The van der Waals surface area contributed by atoms with Crippen molar-refractivity contribution in [1.82, 2.24) is 0 Å². The van der Waals surface area contributed by atoms with Gasteiger partial charge in [0.25, 0.3) is 0 Å². The molecule has 0 spiro atoms. The average Bonchev–Trinajstić information content (AvgIpc) is 2.85. The molecule has 0 atom stereocenters. The summed E-state index contributed by atoms with van der Waals surface area (Å²) in [7, 11) is 1.39. The van der Waals surface area contributed by atoms with E-state index in [2.05, 4.69) is 24.5 Å². The number of nitrogens with one attached hydrogen (secondary N) is 2. The Morgan fingerprint density at radius 2 is 1.92 bits per heavy atom. The third-order valence-corrected chi connectivity index (χ3v) is 5.21. The lowest BCUT2D eigenvalue weighted by Crippen LogP contribution is -2.20. The lowest BCUT2D eigenvalue weighted by molar-refractivity contribution is 0.0601. The van der Waals surface area contributed by atoms with Crippen molar-refractivity contribution < 1.29 is 9.53 Å². The van der Waals surface area contributed by atoms with Crippen LogP contribution in [0, 0.1) is 20.8 Å². The molecular formula is C18H22N2O2S2. The van der Waals surface area contributed by atoms with E-state index in [0.29, 0.717) is 10.7 Å². The fraction of sp³-hybridized carbons (Fsp3) is 0.333. The fourth-order valence-electron chi connectivity index (χ4n) is 2.50. The van der Waals surface area contributed by atoms with Gasteiger partial charge in [-0.15, -0.1) is 11.3 Å². The van der Waals surface area contributed by atoms with Gasteiger partial charge in [0.1, 0.15) is 5.00 Å². The van der Waals surface area contributed by atoms with Crippen LogP contribution in [0.5, 0.6) is 0 Å². The first-order valence-corrected chi connectivity index (χ1v) is 8.95. The Morgan fingerprint density at radius 1 is 1.21 bits per heavy atom. The predicted molar refractivity (Wildman–Crippen MR) is 106 cm³/mol. The third kappa shape index (κ3) is 3.94. The maximum Gasteiger partial charge on any atom is 0.341 e. The van der Waals surface area contributed by atoms with Crippen LogP contribution in [0.15, 0.2) is 18.2 Å². The van der Waals surface area contributed by atoms with Crippen LogP contribution in [0.1, 0.15) is 38.8 Å². The van der Waals surface area contributed by atoms with E-state index < -0.39 is 0 Å². The van der Waals surface area contributed by atoms with Gasteiger partial charge >= 0.3 is 5.97 Å². The van der Waals surface area contributed by atoms with Gasteiger partial charge in [0.05, 0.1) is 12.7 Å². The van der Waals surface area contributed by atoms with E-state index >= 15 is 0 Å². The van der Waals surface area contributed by atoms with E-state index in [1.807, 2.05) is 32.0 Å². The van der Waals surface area contributed by atoms with Gasteiger partial charge in [0, 0.05) is 10.6 Å². The smallest absolute Gasteiger partial charge is 0.341 e. The summed E-state index contributed by atoms with van der Waals surface area (Å²) in [6.07, 6.45) is 0.770. The van der Waals surface area contributed by atoms with Crippen molar-refractivity contribution in [2.45, 2.75) is 34.1 Å². The molecule has 0 amide bonds. The molecule has 0 saturated carbocycles. The average molecular weight is 363 g/mol. The molecule has 1 aromatic heterocycles. The molecule has 2 aromatic rings. The summed E-state index contributed by atoms with van der Waals surface area (Å²) >= 11 is 6.91. The Morgan fingerprint density at radius 3 is 2.50 bits per heavy atom. The lowest BCUT2D eigenvalue weighted by Gasteiger charge is -2.12. The number of thiocarbonyl (C=S) groups is 1. The van der Waals surface area contributed by atoms with Crippen molar-refractivity contribution in [2.24, 2.45) is 0 Å². The highest BCUT2D eigenvalue weighted by atomic mass is 32.1. The molecule has 0 fully saturated rings. The van der Waals surface area contributed by atoms with Crippen molar-refractivity contribution in [1.29, 1.82) is 0 Å². The molecule has 128 valence electrons. The van der Waals surface area contributed by atoms with Gasteiger partial charge in [-0.1, -0.05) is 13.0 Å². The van der Waals surface area contributed by atoms with Gasteiger partial charge in [-0.2, -0.15) is 0 Å². The predicted octanol–water partition coefficient (Wildman–Crippen LogP) is 4.83. The van der Waals surface area contributed by atoms with Crippen molar-refractivity contribution in [3.05, 3.63) is 45.3 Å². The maximum atomic E-state index is 12.1. The Labute approximate surface area is 152 Å². The second kappa shape index (κ2) is 7.77. The third-order valence-electron chi connectivity index (χ3n) is 3.94. The molecule has 4 nitrogen and oxygen atoms in total. The number of hydrogen-bond acceptors (Lipinski definition) is 4. The molecule has 0 aliphatic rings. The molecule has 24 heavy (non-hydrogen) atoms. The lowest BCUT2D eigenvalue weighted by atomic mass is 10.1. The molecule has 0 unspecified atom stereocenters. The van der Waals surface area contributed by atoms with Crippen LogP contribution in [0.2, 0.25) is 0 Å². The summed E-state index contributed by atoms with van der Waals surface area (Å²) < 4.78 is 4.93. The molecule has 0 aliphatic heterocycles. The molecule has 0 bridgehead atoms. The summed E-state index contributed by atoms with van der Waals surface area (Å²) in [5.41, 5.74) is 4.92. The minimum Gasteiger partial charge on any atom is -0.465 e. The number of carbonyl (C=O) groups is 1. The number of benzene rings is 1. The summed E-state index contributed by atoms with van der Waals surface area (Å²) in [6.45, 7) is 8.15. The van der Waals surface area contributed by atoms with E-state index in [9.17, 15) is 4.79 Å². The molecule has 2 N–H and O–H groups in total. The highest BCUT2D eigenvalue weighted by Crippen LogP contribution is 2.34. The first kappa shape index (κ1) is 18.4. The summed E-state index contributed by atoms with van der Waals surface area (Å²) in [5.74, 6) is -0.340. The molecule has 2 rings (SSSR count). The number of hydrogen-bond donors (Lipinski definition) is 2. The van der Waals surface area contributed by atoms with E-state index in [1.165, 1.54) is 29.6 Å². The van der Waals surface area contributed by atoms with Crippen LogP contribution in [-0.4, -0.2) is 18.2 Å². The number of ether oxygens (including phenoxy) is 1. The highest BCUT2D eigenvalue weighted by molar-refractivity contribution is 7.80. The Hall–Kier alpha value is -1.92. The number of aryl methyl sites for hydroxylation is 3. The zero-order valence-electron chi connectivity index (χ0n) is 14.6. The quantitative estimate of drug-likeness (QED) is 0.602. The zero-order chi connectivity index (χ0) is 17.9.